The molecule has 1 heterocycles. The molecule has 1 aromatic rings. The van der Waals surface area contributed by atoms with E-state index in [4.69, 9.17) is 9.47 Å². The minimum atomic E-state index is 0.0295. The summed E-state index contributed by atoms with van der Waals surface area (Å²) in [6.45, 7) is 6.31. The second-order valence-corrected chi connectivity index (χ2v) is 5.76. The number of aryl methyl sites for hydroxylation is 2. The second-order valence-electron chi connectivity index (χ2n) is 5.76. The monoisotopic (exact) mass is 293 g/mol. The number of ether oxygens (including phenoxy) is 2. The molecule has 0 amide bonds. The summed E-state index contributed by atoms with van der Waals surface area (Å²) in [6, 6.07) is 2.83. The Hall–Kier alpha value is -1.17. The Morgan fingerprint density at radius 2 is 2.10 bits per heavy atom. The molecule has 5 nitrogen and oxygen atoms in total. The molecule has 1 unspecified atom stereocenters. The Morgan fingerprint density at radius 3 is 2.71 bits per heavy atom. The summed E-state index contributed by atoms with van der Waals surface area (Å²) < 4.78 is 10.5. The smallest absolute Gasteiger partial charge is 0.131 e. The van der Waals surface area contributed by atoms with Gasteiger partial charge in [0.2, 0.25) is 0 Å². The average molecular weight is 293 g/mol. The molecule has 118 valence electrons. The molecule has 0 radical (unpaired) electrons. The van der Waals surface area contributed by atoms with Gasteiger partial charge in [0.25, 0.3) is 0 Å². The van der Waals surface area contributed by atoms with E-state index in [1.54, 1.807) is 14.2 Å². The van der Waals surface area contributed by atoms with Gasteiger partial charge in [-0.1, -0.05) is 0 Å². The predicted molar refractivity (Wildman–Crippen MR) is 84.7 cm³/mol. The highest BCUT2D eigenvalue weighted by Gasteiger charge is 2.21. The quantitative estimate of drug-likeness (QED) is 0.729. The first kappa shape index (κ1) is 16.2. The van der Waals surface area contributed by atoms with E-state index in [9.17, 15) is 0 Å². The summed E-state index contributed by atoms with van der Waals surface area (Å²) in [7, 11) is 3.39. The van der Waals surface area contributed by atoms with E-state index in [-0.39, 0.29) is 6.10 Å². The number of anilines is 1. The van der Waals surface area contributed by atoms with Crippen molar-refractivity contribution in [3.8, 4) is 0 Å². The molecule has 1 saturated carbocycles. The molecule has 1 aromatic heterocycles. The van der Waals surface area contributed by atoms with Crippen molar-refractivity contribution in [2.75, 3.05) is 32.7 Å². The zero-order valence-corrected chi connectivity index (χ0v) is 13.5. The van der Waals surface area contributed by atoms with Gasteiger partial charge in [0.1, 0.15) is 5.82 Å². The van der Waals surface area contributed by atoms with Crippen molar-refractivity contribution < 1.29 is 9.47 Å². The van der Waals surface area contributed by atoms with Gasteiger partial charge in [-0.3, -0.25) is 0 Å². The number of hydrogen-bond acceptors (Lipinski definition) is 5. The average Bonchev–Trinajstić information content (AvgIpc) is 3.26. The van der Waals surface area contributed by atoms with E-state index in [2.05, 4.69) is 28.6 Å². The highest BCUT2D eigenvalue weighted by atomic mass is 16.5. The summed E-state index contributed by atoms with van der Waals surface area (Å²) in [5.41, 5.74) is 3.56. The van der Waals surface area contributed by atoms with E-state index in [0.717, 1.165) is 18.1 Å². The predicted octanol–water partition coefficient (Wildman–Crippen LogP) is 2.02. The fraction of sp³-hybridized carbons (Fsp3) is 0.688. The van der Waals surface area contributed by atoms with E-state index in [1.165, 1.54) is 24.0 Å². The van der Waals surface area contributed by atoms with E-state index in [1.807, 2.05) is 6.92 Å². The molecule has 0 saturated heterocycles. The first-order valence-electron chi connectivity index (χ1n) is 7.60. The van der Waals surface area contributed by atoms with E-state index < -0.39 is 0 Å². The normalized spacial score (nSPS) is 16.0. The number of nitrogens with zero attached hydrogens (tertiary/aromatic N) is 1. The SMILES string of the molecule is COCC(CNc1nc(C)cc(C)c1CNC1CC1)OC. The van der Waals surface area contributed by atoms with Gasteiger partial charge < -0.3 is 20.1 Å². The van der Waals surface area contributed by atoms with Crippen LogP contribution in [-0.4, -0.2) is 44.5 Å². The van der Waals surface area contributed by atoms with Crippen LogP contribution in [0.5, 0.6) is 0 Å². The molecule has 0 spiro atoms. The summed E-state index contributed by atoms with van der Waals surface area (Å²) in [6.07, 6.45) is 2.61. The van der Waals surface area contributed by atoms with E-state index in [0.29, 0.717) is 19.2 Å². The topological polar surface area (TPSA) is 55.4 Å². The van der Waals surface area contributed by atoms with E-state index >= 15 is 0 Å². The van der Waals surface area contributed by atoms with Gasteiger partial charge in [-0.15, -0.1) is 0 Å². The van der Waals surface area contributed by atoms with Crippen molar-refractivity contribution in [2.45, 2.75) is 45.4 Å². The van der Waals surface area contributed by atoms with Crippen LogP contribution in [0.15, 0.2) is 6.07 Å². The number of pyridine rings is 1. The third-order valence-corrected chi connectivity index (χ3v) is 3.80. The van der Waals surface area contributed by atoms with Gasteiger partial charge in [-0.2, -0.15) is 0 Å². The molecule has 0 bridgehead atoms. The minimum absolute atomic E-state index is 0.0295. The lowest BCUT2D eigenvalue weighted by molar-refractivity contribution is 0.0365. The first-order chi connectivity index (χ1) is 10.1. The summed E-state index contributed by atoms with van der Waals surface area (Å²) >= 11 is 0. The fourth-order valence-electron chi connectivity index (χ4n) is 2.37. The van der Waals surface area contributed by atoms with Crippen molar-refractivity contribution in [2.24, 2.45) is 0 Å². The lowest BCUT2D eigenvalue weighted by Gasteiger charge is -2.19. The van der Waals surface area contributed by atoms with Crippen molar-refractivity contribution in [3.05, 3.63) is 22.9 Å². The van der Waals surface area contributed by atoms with Gasteiger partial charge >= 0.3 is 0 Å². The fourth-order valence-corrected chi connectivity index (χ4v) is 2.37. The molecule has 0 aliphatic heterocycles. The second kappa shape index (κ2) is 7.73. The number of methoxy groups -OCH3 is 2. The highest BCUT2D eigenvalue weighted by Crippen LogP contribution is 2.23. The lowest BCUT2D eigenvalue weighted by Crippen LogP contribution is -2.28. The van der Waals surface area contributed by atoms with Gasteiger partial charge in [-0.25, -0.2) is 4.98 Å². The van der Waals surface area contributed by atoms with Gasteiger partial charge in [0.15, 0.2) is 0 Å². The van der Waals surface area contributed by atoms with Crippen molar-refractivity contribution in [1.82, 2.24) is 10.3 Å². The molecule has 2 N–H and O–H groups in total. The molecule has 1 aliphatic rings. The first-order valence-corrected chi connectivity index (χ1v) is 7.60. The largest absolute Gasteiger partial charge is 0.382 e. The van der Waals surface area contributed by atoms with Gasteiger partial charge in [0, 0.05) is 44.6 Å². The summed E-state index contributed by atoms with van der Waals surface area (Å²) in [5.74, 6) is 0.957. The lowest BCUT2D eigenvalue weighted by atomic mass is 10.1. The number of rotatable bonds is 9. The Kier molecular flexibility index (Phi) is 5.96. The molecule has 1 aliphatic carbocycles. The van der Waals surface area contributed by atoms with Crippen LogP contribution in [0.1, 0.15) is 29.7 Å². The van der Waals surface area contributed by atoms with Crippen LogP contribution in [-0.2, 0) is 16.0 Å². The molecule has 1 fully saturated rings. The Bertz CT molecular complexity index is 461. The van der Waals surface area contributed by atoms with Crippen molar-refractivity contribution >= 4 is 5.82 Å². The maximum Gasteiger partial charge on any atom is 0.131 e. The molecule has 5 heteroatoms. The van der Waals surface area contributed by atoms with Crippen LogP contribution in [0.3, 0.4) is 0 Å². The van der Waals surface area contributed by atoms with Crippen LogP contribution < -0.4 is 10.6 Å². The number of hydrogen-bond donors (Lipinski definition) is 2. The zero-order valence-electron chi connectivity index (χ0n) is 13.5. The molecule has 2 rings (SSSR count). The maximum absolute atomic E-state index is 5.39. The minimum Gasteiger partial charge on any atom is -0.382 e. The zero-order chi connectivity index (χ0) is 15.2. The number of nitrogens with one attached hydrogen (secondary N) is 2. The molecular formula is C16H27N3O2. The summed E-state index contributed by atoms with van der Waals surface area (Å²) in [4.78, 5) is 4.65. The van der Waals surface area contributed by atoms with Gasteiger partial charge in [-0.05, 0) is 38.3 Å². The van der Waals surface area contributed by atoms with Gasteiger partial charge in [0.05, 0.1) is 12.7 Å². The maximum atomic E-state index is 5.39. The number of aromatic nitrogens is 1. The van der Waals surface area contributed by atoms with Crippen LogP contribution in [0.25, 0.3) is 0 Å². The Balaban J connectivity index is 2.04. The van der Waals surface area contributed by atoms with Crippen molar-refractivity contribution in [3.63, 3.8) is 0 Å². The standard InChI is InChI=1S/C16H27N3O2/c1-11-7-12(2)19-16(15(11)9-17-13-5-6-13)18-8-14(21-4)10-20-3/h7,13-14,17H,5-6,8-10H2,1-4H3,(H,18,19). The molecular weight excluding hydrogens is 266 g/mol. The van der Waals surface area contributed by atoms with Crippen LogP contribution in [0.2, 0.25) is 0 Å². The molecule has 21 heavy (non-hydrogen) atoms. The van der Waals surface area contributed by atoms with Crippen LogP contribution in [0, 0.1) is 13.8 Å². The molecule has 1 atom stereocenters. The third kappa shape index (κ3) is 4.95. The van der Waals surface area contributed by atoms with Crippen LogP contribution >= 0.6 is 0 Å². The highest BCUT2D eigenvalue weighted by molar-refractivity contribution is 5.49. The third-order valence-electron chi connectivity index (χ3n) is 3.80. The Labute approximate surface area is 127 Å². The summed E-state index contributed by atoms with van der Waals surface area (Å²) in [5, 5.41) is 6.98. The Morgan fingerprint density at radius 1 is 1.33 bits per heavy atom. The van der Waals surface area contributed by atoms with Crippen LogP contribution in [0.4, 0.5) is 5.82 Å². The molecule has 0 aromatic carbocycles. The van der Waals surface area contributed by atoms with Crippen molar-refractivity contribution in [1.29, 1.82) is 0 Å².